The summed E-state index contributed by atoms with van der Waals surface area (Å²) in [5, 5.41) is 12.1. The summed E-state index contributed by atoms with van der Waals surface area (Å²) in [6.45, 7) is 6.53. The van der Waals surface area contributed by atoms with Crippen LogP contribution in [0.2, 0.25) is 0 Å². The lowest BCUT2D eigenvalue weighted by atomic mass is 9.70. The molecule has 0 spiro atoms. The van der Waals surface area contributed by atoms with Gasteiger partial charge < -0.3 is 20.7 Å². The molecule has 0 bridgehead atoms. The van der Waals surface area contributed by atoms with Gasteiger partial charge in [0.05, 0.1) is 23.2 Å². The van der Waals surface area contributed by atoms with Gasteiger partial charge >= 0.3 is 0 Å². The highest BCUT2D eigenvalue weighted by molar-refractivity contribution is 5.92. The highest BCUT2D eigenvalue weighted by Gasteiger charge is 2.47. The van der Waals surface area contributed by atoms with Gasteiger partial charge in [0, 0.05) is 54.1 Å². The predicted molar refractivity (Wildman–Crippen MR) is 112 cm³/mol. The molecule has 8 heteroatoms. The summed E-state index contributed by atoms with van der Waals surface area (Å²) in [4.78, 5) is 25.4. The SMILES string of the molecule is Cc1nc(-c2ccnc3[nH]cc(F)c23)ccc1C1(O)[C@H](C)CN(C(=O)CN)C[C@@H]1C. The van der Waals surface area contributed by atoms with Crippen LogP contribution in [0.5, 0.6) is 0 Å². The van der Waals surface area contributed by atoms with E-state index in [1.807, 2.05) is 26.8 Å². The molecule has 0 aromatic carbocycles. The van der Waals surface area contributed by atoms with E-state index in [1.165, 1.54) is 6.20 Å². The third-order valence-corrected chi connectivity index (χ3v) is 6.34. The normalized spacial score (nSPS) is 24.4. The Bertz CT molecular complexity index is 1100. The number of H-pyrrole nitrogens is 1. The summed E-state index contributed by atoms with van der Waals surface area (Å²) in [6, 6.07) is 5.40. The highest BCUT2D eigenvalue weighted by Crippen LogP contribution is 2.43. The van der Waals surface area contributed by atoms with Crippen molar-refractivity contribution in [3.63, 3.8) is 0 Å². The van der Waals surface area contributed by atoms with Crippen molar-refractivity contribution in [2.75, 3.05) is 19.6 Å². The molecule has 3 aromatic heterocycles. The van der Waals surface area contributed by atoms with Gasteiger partial charge in [0.25, 0.3) is 0 Å². The van der Waals surface area contributed by atoms with E-state index in [1.54, 1.807) is 23.2 Å². The first-order valence-electron chi connectivity index (χ1n) is 10.1. The number of carbonyl (C=O) groups is 1. The van der Waals surface area contributed by atoms with E-state index in [2.05, 4.69) is 9.97 Å². The van der Waals surface area contributed by atoms with Gasteiger partial charge in [-0.1, -0.05) is 19.9 Å². The van der Waals surface area contributed by atoms with Crippen LogP contribution in [0.4, 0.5) is 4.39 Å². The molecular formula is C22H26FN5O2. The van der Waals surface area contributed by atoms with Gasteiger partial charge in [0.15, 0.2) is 5.82 Å². The third-order valence-electron chi connectivity index (χ3n) is 6.34. The number of fused-ring (bicyclic) bond motifs is 1. The van der Waals surface area contributed by atoms with E-state index in [9.17, 15) is 14.3 Å². The number of aromatic nitrogens is 3. The summed E-state index contributed by atoms with van der Waals surface area (Å²) in [6.07, 6.45) is 2.89. The van der Waals surface area contributed by atoms with Crippen molar-refractivity contribution in [3.05, 3.63) is 47.7 Å². The molecule has 1 aliphatic heterocycles. The number of piperidine rings is 1. The number of likely N-dealkylation sites (tertiary alicyclic amines) is 1. The minimum atomic E-state index is -1.13. The Labute approximate surface area is 174 Å². The number of nitrogens with two attached hydrogens (primary N) is 1. The van der Waals surface area contributed by atoms with Gasteiger partial charge in [0.2, 0.25) is 5.91 Å². The Kier molecular flexibility index (Phi) is 5.07. The summed E-state index contributed by atoms with van der Waals surface area (Å²) in [5.41, 5.74) is 7.51. The molecule has 4 heterocycles. The maximum atomic E-state index is 14.3. The number of amides is 1. The van der Waals surface area contributed by atoms with E-state index in [4.69, 9.17) is 10.7 Å². The van der Waals surface area contributed by atoms with E-state index >= 15 is 0 Å². The molecule has 1 saturated heterocycles. The standard InChI is InChI=1S/C22H26FN5O2/c1-12-10-28(19(29)8-24)11-13(2)22(12,30)16-4-5-18(27-14(16)3)15-6-7-25-21-20(15)17(23)9-26-21/h4-7,9,12-13,30H,8,10-11,24H2,1-3H3,(H,25,26)/t12-,13+,22?. The number of hydrogen-bond acceptors (Lipinski definition) is 5. The Hall–Kier alpha value is -2.84. The molecule has 0 radical (unpaired) electrons. The van der Waals surface area contributed by atoms with Crippen molar-refractivity contribution in [3.8, 4) is 11.3 Å². The molecule has 4 N–H and O–H groups in total. The summed E-state index contributed by atoms with van der Waals surface area (Å²) in [7, 11) is 0. The van der Waals surface area contributed by atoms with Crippen LogP contribution in [-0.2, 0) is 10.4 Å². The molecule has 0 aliphatic carbocycles. The second-order valence-corrected chi connectivity index (χ2v) is 8.18. The van der Waals surface area contributed by atoms with Crippen LogP contribution in [0.15, 0.2) is 30.6 Å². The zero-order valence-corrected chi connectivity index (χ0v) is 17.3. The second kappa shape index (κ2) is 7.45. The Balaban J connectivity index is 1.73. The van der Waals surface area contributed by atoms with E-state index < -0.39 is 5.60 Å². The molecule has 1 fully saturated rings. The molecular weight excluding hydrogens is 385 g/mol. The zero-order valence-electron chi connectivity index (χ0n) is 17.3. The van der Waals surface area contributed by atoms with Gasteiger partial charge in [-0.3, -0.25) is 9.78 Å². The van der Waals surface area contributed by atoms with Crippen molar-refractivity contribution < 1.29 is 14.3 Å². The zero-order chi connectivity index (χ0) is 21.6. The molecule has 4 rings (SSSR count). The molecule has 158 valence electrons. The van der Waals surface area contributed by atoms with Crippen LogP contribution in [-0.4, -0.2) is 50.5 Å². The van der Waals surface area contributed by atoms with Crippen LogP contribution < -0.4 is 5.73 Å². The minimum absolute atomic E-state index is 0.0384. The maximum Gasteiger partial charge on any atom is 0.236 e. The first kappa shape index (κ1) is 20.4. The number of carbonyl (C=O) groups excluding carboxylic acids is 1. The van der Waals surface area contributed by atoms with Crippen molar-refractivity contribution in [2.45, 2.75) is 26.4 Å². The monoisotopic (exact) mass is 411 g/mol. The van der Waals surface area contributed by atoms with Gasteiger partial charge in [-0.15, -0.1) is 0 Å². The first-order chi connectivity index (χ1) is 14.3. The number of pyridine rings is 2. The first-order valence-corrected chi connectivity index (χ1v) is 10.1. The molecule has 30 heavy (non-hydrogen) atoms. The molecule has 1 unspecified atom stereocenters. The number of nitrogens with one attached hydrogen (secondary N) is 1. The fourth-order valence-corrected chi connectivity index (χ4v) is 4.73. The molecule has 0 saturated carbocycles. The fraction of sp³-hybridized carbons (Fsp3) is 0.409. The number of aryl methyl sites for hydroxylation is 1. The maximum absolute atomic E-state index is 14.3. The van der Waals surface area contributed by atoms with Crippen molar-refractivity contribution in [1.29, 1.82) is 0 Å². The second-order valence-electron chi connectivity index (χ2n) is 8.18. The van der Waals surface area contributed by atoms with Crippen LogP contribution >= 0.6 is 0 Å². The Morgan fingerprint density at radius 1 is 1.33 bits per heavy atom. The van der Waals surface area contributed by atoms with Crippen LogP contribution in [0, 0.1) is 24.6 Å². The summed E-state index contributed by atoms with van der Waals surface area (Å²) >= 11 is 0. The quantitative estimate of drug-likeness (QED) is 0.613. The lowest BCUT2D eigenvalue weighted by Gasteiger charge is -2.48. The number of halogens is 1. The number of nitrogens with zero attached hydrogens (tertiary/aromatic N) is 3. The topological polar surface area (TPSA) is 108 Å². The van der Waals surface area contributed by atoms with Crippen molar-refractivity contribution in [2.24, 2.45) is 17.6 Å². The Morgan fingerprint density at radius 2 is 2.03 bits per heavy atom. The molecule has 3 aromatic rings. The largest absolute Gasteiger partial charge is 0.384 e. The average molecular weight is 411 g/mol. The van der Waals surface area contributed by atoms with Gasteiger partial charge in [-0.05, 0) is 19.1 Å². The minimum Gasteiger partial charge on any atom is -0.384 e. The van der Waals surface area contributed by atoms with Gasteiger partial charge in [-0.25, -0.2) is 9.37 Å². The molecule has 1 amide bonds. The molecule has 3 atom stereocenters. The fourth-order valence-electron chi connectivity index (χ4n) is 4.73. The number of hydrogen-bond donors (Lipinski definition) is 3. The van der Waals surface area contributed by atoms with Crippen molar-refractivity contribution >= 4 is 16.9 Å². The van der Waals surface area contributed by atoms with Gasteiger partial charge in [0.1, 0.15) is 5.65 Å². The van der Waals surface area contributed by atoms with E-state index in [0.717, 1.165) is 5.56 Å². The smallest absolute Gasteiger partial charge is 0.236 e. The number of rotatable bonds is 3. The molecule has 7 nitrogen and oxygen atoms in total. The van der Waals surface area contributed by atoms with Crippen molar-refractivity contribution in [1.82, 2.24) is 19.9 Å². The van der Waals surface area contributed by atoms with Crippen LogP contribution in [0.1, 0.15) is 25.1 Å². The van der Waals surface area contributed by atoms with E-state index in [-0.39, 0.29) is 30.1 Å². The summed E-state index contributed by atoms with van der Waals surface area (Å²) < 4.78 is 14.3. The average Bonchev–Trinajstić information content (AvgIpc) is 3.12. The van der Waals surface area contributed by atoms with Gasteiger partial charge in [-0.2, -0.15) is 0 Å². The number of aliphatic hydroxyl groups is 1. The number of aromatic amines is 1. The lowest BCUT2D eigenvalue weighted by molar-refractivity contribution is -0.147. The Morgan fingerprint density at radius 3 is 2.67 bits per heavy atom. The van der Waals surface area contributed by atoms with Crippen LogP contribution in [0.3, 0.4) is 0 Å². The highest BCUT2D eigenvalue weighted by atomic mass is 19.1. The lowest BCUT2D eigenvalue weighted by Crippen LogP contribution is -2.57. The third kappa shape index (κ3) is 3.07. The molecule has 1 aliphatic rings. The van der Waals surface area contributed by atoms with E-state index in [0.29, 0.717) is 41.1 Å². The summed E-state index contributed by atoms with van der Waals surface area (Å²) in [5.74, 6) is -0.888. The van der Waals surface area contributed by atoms with Crippen LogP contribution in [0.25, 0.3) is 22.3 Å². The predicted octanol–water partition coefficient (Wildman–Crippen LogP) is 2.33.